The van der Waals surface area contributed by atoms with Crippen molar-refractivity contribution >= 4 is 33.5 Å². The Kier molecular flexibility index (Phi) is 6.25. The van der Waals surface area contributed by atoms with Crippen LogP contribution in [0.15, 0.2) is 40.5 Å². The molecule has 0 bridgehead atoms. The molecular formula is C17H22N4O3S2. The largest absolute Gasteiger partial charge is 0.350 e. The van der Waals surface area contributed by atoms with Crippen molar-refractivity contribution in [3.8, 4) is 0 Å². The second kappa shape index (κ2) is 8.05. The highest BCUT2D eigenvalue weighted by atomic mass is 32.2. The molecule has 1 aromatic heterocycles. The number of hydrogen-bond donors (Lipinski definition) is 1. The third-order valence-corrected chi connectivity index (χ3v) is 5.89. The smallest absolute Gasteiger partial charge is 0.265 e. The number of nitrogens with zero attached hydrogens (tertiary/aromatic N) is 3. The van der Waals surface area contributed by atoms with Crippen LogP contribution in [0.4, 0.5) is 5.82 Å². The molecule has 0 unspecified atom stereocenters. The second-order valence-corrected chi connectivity index (χ2v) is 8.75. The Balaban J connectivity index is 2.53. The zero-order valence-electron chi connectivity index (χ0n) is 15.3. The van der Waals surface area contributed by atoms with E-state index in [-0.39, 0.29) is 22.3 Å². The molecule has 0 aliphatic heterocycles. The van der Waals surface area contributed by atoms with Gasteiger partial charge in [0.1, 0.15) is 5.56 Å². The van der Waals surface area contributed by atoms with Gasteiger partial charge in [0.25, 0.3) is 15.9 Å². The molecule has 0 radical (unpaired) electrons. The second-order valence-electron chi connectivity index (χ2n) is 6.01. The fraction of sp³-hybridized carbons (Fsp3) is 0.353. The van der Waals surface area contributed by atoms with Crippen LogP contribution in [0, 0.1) is 6.92 Å². The summed E-state index contributed by atoms with van der Waals surface area (Å²) in [6.07, 6.45) is 3.13. The molecule has 0 saturated heterocycles. The van der Waals surface area contributed by atoms with Gasteiger partial charge in [-0.05, 0) is 39.2 Å². The monoisotopic (exact) mass is 394 g/mol. The summed E-state index contributed by atoms with van der Waals surface area (Å²) in [5.74, 6) is -0.378. The van der Waals surface area contributed by atoms with Crippen LogP contribution >= 0.6 is 11.8 Å². The highest BCUT2D eigenvalue weighted by Gasteiger charge is 2.27. The van der Waals surface area contributed by atoms with E-state index in [0.717, 1.165) is 9.87 Å². The molecule has 140 valence electrons. The van der Waals surface area contributed by atoms with Crippen LogP contribution in [-0.4, -0.2) is 43.6 Å². The van der Waals surface area contributed by atoms with Crippen LogP contribution in [0.5, 0.6) is 0 Å². The van der Waals surface area contributed by atoms with E-state index in [2.05, 4.69) is 15.3 Å². The number of hydrogen-bond acceptors (Lipinski definition) is 6. The number of sulfonamides is 1. The highest BCUT2D eigenvalue weighted by molar-refractivity contribution is 7.98. The maximum atomic E-state index is 13.0. The topological polar surface area (TPSA) is 92.3 Å². The van der Waals surface area contributed by atoms with Gasteiger partial charge in [-0.3, -0.25) is 9.10 Å². The summed E-state index contributed by atoms with van der Waals surface area (Å²) < 4.78 is 27.0. The van der Waals surface area contributed by atoms with Gasteiger partial charge in [-0.1, -0.05) is 29.5 Å². The normalized spacial score (nSPS) is 11.5. The standard InChI is InChI=1S/C17H22N4O3S2/c1-11(2)19-16(22)14-10-18-17(25-5)20-15(14)21(4)26(23,24)13-8-6-12(3)7-9-13/h6-11H,1-5H3,(H,19,22). The van der Waals surface area contributed by atoms with Crippen molar-refractivity contribution in [1.29, 1.82) is 0 Å². The third-order valence-electron chi connectivity index (χ3n) is 3.57. The van der Waals surface area contributed by atoms with Gasteiger partial charge in [0.05, 0.1) is 4.90 Å². The molecule has 0 aliphatic carbocycles. The first-order chi connectivity index (χ1) is 12.2. The summed E-state index contributed by atoms with van der Waals surface area (Å²) in [5, 5.41) is 3.12. The van der Waals surface area contributed by atoms with Crippen molar-refractivity contribution in [1.82, 2.24) is 15.3 Å². The molecule has 9 heteroatoms. The maximum absolute atomic E-state index is 13.0. The van der Waals surface area contributed by atoms with Gasteiger partial charge < -0.3 is 5.32 Å². The zero-order chi connectivity index (χ0) is 19.5. The van der Waals surface area contributed by atoms with Gasteiger partial charge in [-0.2, -0.15) is 0 Å². The first kappa shape index (κ1) is 20.2. The Morgan fingerprint density at radius 1 is 1.23 bits per heavy atom. The number of rotatable bonds is 6. The lowest BCUT2D eigenvalue weighted by Gasteiger charge is -2.21. The highest BCUT2D eigenvalue weighted by Crippen LogP contribution is 2.25. The number of amides is 1. The van der Waals surface area contributed by atoms with Crippen LogP contribution in [0.1, 0.15) is 29.8 Å². The first-order valence-corrected chi connectivity index (χ1v) is 10.6. The summed E-state index contributed by atoms with van der Waals surface area (Å²) in [7, 11) is -2.48. The molecule has 1 N–H and O–H groups in total. The summed E-state index contributed by atoms with van der Waals surface area (Å²) in [6.45, 7) is 5.52. The van der Waals surface area contributed by atoms with Gasteiger partial charge in [0.15, 0.2) is 11.0 Å². The van der Waals surface area contributed by atoms with Gasteiger partial charge in [0, 0.05) is 19.3 Å². The number of carbonyl (C=O) groups is 1. The van der Waals surface area contributed by atoms with Crippen molar-refractivity contribution in [2.75, 3.05) is 17.6 Å². The SMILES string of the molecule is CSc1ncc(C(=O)NC(C)C)c(N(C)S(=O)(=O)c2ccc(C)cc2)n1. The molecule has 1 heterocycles. The lowest BCUT2D eigenvalue weighted by atomic mass is 10.2. The van der Waals surface area contributed by atoms with Gasteiger partial charge >= 0.3 is 0 Å². The van der Waals surface area contributed by atoms with E-state index in [1.54, 1.807) is 18.4 Å². The fourth-order valence-corrected chi connectivity index (χ4v) is 3.68. The Labute approximate surface area is 158 Å². The van der Waals surface area contributed by atoms with E-state index in [1.165, 1.54) is 37.1 Å². The van der Waals surface area contributed by atoms with Gasteiger partial charge in [0.2, 0.25) is 0 Å². The lowest BCUT2D eigenvalue weighted by molar-refractivity contribution is 0.0943. The molecule has 2 rings (SSSR count). The minimum absolute atomic E-state index is 0.0445. The number of benzene rings is 1. The third kappa shape index (κ3) is 4.34. The Hall–Kier alpha value is -2.13. The number of carbonyl (C=O) groups excluding carboxylic acids is 1. The van der Waals surface area contributed by atoms with Crippen molar-refractivity contribution in [2.24, 2.45) is 0 Å². The molecular weight excluding hydrogens is 372 g/mol. The lowest BCUT2D eigenvalue weighted by Crippen LogP contribution is -2.34. The molecule has 26 heavy (non-hydrogen) atoms. The van der Waals surface area contributed by atoms with Crippen molar-refractivity contribution < 1.29 is 13.2 Å². The predicted molar refractivity (Wildman–Crippen MR) is 103 cm³/mol. The number of aromatic nitrogens is 2. The molecule has 7 nitrogen and oxygen atoms in total. The number of nitrogens with one attached hydrogen (secondary N) is 1. The van der Waals surface area contributed by atoms with Crippen LogP contribution in [-0.2, 0) is 10.0 Å². The zero-order valence-corrected chi connectivity index (χ0v) is 17.0. The van der Waals surface area contributed by atoms with Crippen LogP contribution in [0.2, 0.25) is 0 Å². The molecule has 2 aromatic rings. The summed E-state index contributed by atoms with van der Waals surface area (Å²) in [4.78, 5) is 21.0. The Morgan fingerprint density at radius 3 is 2.38 bits per heavy atom. The van der Waals surface area contributed by atoms with E-state index in [0.29, 0.717) is 5.16 Å². The van der Waals surface area contributed by atoms with E-state index >= 15 is 0 Å². The van der Waals surface area contributed by atoms with Crippen LogP contribution in [0.25, 0.3) is 0 Å². The molecule has 1 aromatic carbocycles. The number of anilines is 1. The van der Waals surface area contributed by atoms with Crippen molar-refractivity contribution in [2.45, 2.75) is 36.9 Å². The fourth-order valence-electron chi connectivity index (χ4n) is 2.18. The first-order valence-electron chi connectivity index (χ1n) is 7.94. The average Bonchev–Trinajstić information content (AvgIpc) is 2.60. The Morgan fingerprint density at radius 2 is 1.85 bits per heavy atom. The number of aryl methyl sites for hydroxylation is 1. The van der Waals surface area contributed by atoms with Crippen LogP contribution in [0.3, 0.4) is 0 Å². The van der Waals surface area contributed by atoms with Crippen LogP contribution < -0.4 is 9.62 Å². The molecule has 0 atom stereocenters. The summed E-state index contributed by atoms with van der Waals surface area (Å²) >= 11 is 1.27. The average molecular weight is 395 g/mol. The van der Waals surface area contributed by atoms with Crippen molar-refractivity contribution in [3.05, 3.63) is 41.6 Å². The van der Waals surface area contributed by atoms with E-state index in [1.807, 2.05) is 20.8 Å². The molecule has 0 aliphatic rings. The quantitative estimate of drug-likeness (QED) is 0.598. The minimum Gasteiger partial charge on any atom is -0.350 e. The molecule has 1 amide bonds. The Bertz CT molecular complexity index is 897. The molecule has 0 fully saturated rings. The molecule has 0 spiro atoms. The maximum Gasteiger partial charge on any atom is 0.265 e. The van der Waals surface area contributed by atoms with Crippen molar-refractivity contribution in [3.63, 3.8) is 0 Å². The van der Waals surface area contributed by atoms with E-state index in [4.69, 9.17) is 0 Å². The minimum atomic E-state index is -3.86. The van der Waals surface area contributed by atoms with Gasteiger partial charge in [-0.25, -0.2) is 18.4 Å². The van der Waals surface area contributed by atoms with Gasteiger partial charge in [-0.15, -0.1) is 0 Å². The predicted octanol–water partition coefficient (Wildman–Crippen LogP) is 2.47. The summed E-state index contributed by atoms with van der Waals surface area (Å²) in [5.41, 5.74) is 1.06. The summed E-state index contributed by atoms with van der Waals surface area (Å²) in [6, 6.07) is 6.41. The number of thioether (sulfide) groups is 1. The van der Waals surface area contributed by atoms with E-state index in [9.17, 15) is 13.2 Å². The van der Waals surface area contributed by atoms with E-state index < -0.39 is 15.9 Å². The molecule has 0 saturated carbocycles.